The Labute approximate surface area is 204 Å². The van der Waals surface area contributed by atoms with E-state index >= 15 is 0 Å². The summed E-state index contributed by atoms with van der Waals surface area (Å²) in [5, 5.41) is 12.3. The molecule has 1 N–H and O–H groups in total. The van der Waals surface area contributed by atoms with E-state index in [0.717, 1.165) is 31.0 Å². The first-order chi connectivity index (χ1) is 16.6. The molecule has 34 heavy (non-hydrogen) atoms. The number of para-hydroxylation sites is 1. The lowest BCUT2D eigenvalue weighted by Crippen LogP contribution is -2.15. The van der Waals surface area contributed by atoms with Gasteiger partial charge in [0.1, 0.15) is 12.4 Å². The van der Waals surface area contributed by atoms with Crippen molar-refractivity contribution in [3.63, 3.8) is 0 Å². The molecule has 0 spiro atoms. The second-order valence-electron chi connectivity index (χ2n) is 8.38. The number of thioether (sulfide) groups is 1. The predicted molar refractivity (Wildman–Crippen MR) is 132 cm³/mol. The Balaban J connectivity index is 1.37. The Morgan fingerprint density at radius 3 is 2.71 bits per heavy atom. The number of carbonyl (C=O) groups is 1. The number of nitrogens with one attached hydrogen (secondary N) is 1. The van der Waals surface area contributed by atoms with E-state index in [1.165, 1.54) is 11.8 Å². The van der Waals surface area contributed by atoms with Gasteiger partial charge in [-0.3, -0.25) is 4.79 Å². The van der Waals surface area contributed by atoms with Crippen LogP contribution in [0.15, 0.2) is 53.7 Å². The van der Waals surface area contributed by atoms with Crippen molar-refractivity contribution in [2.45, 2.75) is 45.0 Å². The van der Waals surface area contributed by atoms with Crippen LogP contribution in [0.3, 0.4) is 0 Å². The fourth-order valence-corrected chi connectivity index (χ4v) is 4.16. The van der Waals surface area contributed by atoms with E-state index in [4.69, 9.17) is 14.2 Å². The molecule has 9 heteroatoms. The van der Waals surface area contributed by atoms with E-state index in [0.29, 0.717) is 48.1 Å². The van der Waals surface area contributed by atoms with Crippen molar-refractivity contribution in [3.05, 3.63) is 54.4 Å². The molecular formula is C25H30N4O4S. The summed E-state index contributed by atoms with van der Waals surface area (Å²) in [4.78, 5) is 12.6. The minimum atomic E-state index is -0.125. The van der Waals surface area contributed by atoms with Crippen molar-refractivity contribution in [2.24, 2.45) is 5.92 Å². The van der Waals surface area contributed by atoms with Gasteiger partial charge < -0.3 is 24.1 Å². The third-order valence-corrected chi connectivity index (χ3v) is 6.17. The van der Waals surface area contributed by atoms with Crippen LogP contribution in [0.2, 0.25) is 0 Å². The maximum atomic E-state index is 12.6. The molecule has 1 aliphatic rings. The SMILES string of the molecule is CC(C)CCn1c(COc2ccccc2)nnc1SCC(=O)Nc1ccc2c(c1)OCCCO2. The zero-order valence-corrected chi connectivity index (χ0v) is 20.3. The molecule has 1 amide bonds. The maximum Gasteiger partial charge on any atom is 0.234 e. The van der Waals surface area contributed by atoms with Crippen LogP contribution in [-0.4, -0.2) is 39.6 Å². The monoisotopic (exact) mass is 482 g/mol. The van der Waals surface area contributed by atoms with Crippen LogP contribution in [0.4, 0.5) is 5.69 Å². The zero-order chi connectivity index (χ0) is 23.8. The average Bonchev–Trinajstić information content (AvgIpc) is 3.07. The second-order valence-corrected chi connectivity index (χ2v) is 9.33. The van der Waals surface area contributed by atoms with Gasteiger partial charge in [0.25, 0.3) is 0 Å². The van der Waals surface area contributed by atoms with Crippen LogP contribution in [0, 0.1) is 5.92 Å². The number of ether oxygens (including phenoxy) is 3. The summed E-state index contributed by atoms with van der Waals surface area (Å²) in [5.74, 6) is 3.51. The van der Waals surface area contributed by atoms with Gasteiger partial charge in [-0.25, -0.2) is 0 Å². The van der Waals surface area contributed by atoms with Crippen molar-refractivity contribution in [1.82, 2.24) is 14.8 Å². The summed E-state index contributed by atoms with van der Waals surface area (Å²) in [7, 11) is 0. The molecule has 0 fully saturated rings. The molecule has 0 saturated heterocycles. The first-order valence-corrected chi connectivity index (χ1v) is 12.5. The predicted octanol–water partition coefficient (Wildman–Crippen LogP) is 4.80. The van der Waals surface area contributed by atoms with Crippen LogP contribution >= 0.6 is 11.8 Å². The highest BCUT2D eigenvalue weighted by molar-refractivity contribution is 7.99. The Bertz CT molecular complexity index is 1090. The van der Waals surface area contributed by atoms with E-state index in [2.05, 4.69) is 33.9 Å². The third kappa shape index (κ3) is 6.66. The van der Waals surface area contributed by atoms with Crippen molar-refractivity contribution in [2.75, 3.05) is 24.3 Å². The normalized spacial score (nSPS) is 12.9. The first-order valence-electron chi connectivity index (χ1n) is 11.5. The van der Waals surface area contributed by atoms with Crippen LogP contribution in [0.5, 0.6) is 17.2 Å². The van der Waals surface area contributed by atoms with Crippen molar-refractivity contribution in [3.8, 4) is 17.2 Å². The fourth-order valence-electron chi connectivity index (χ4n) is 3.38. The highest BCUT2D eigenvalue weighted by atomic mass is 32.2. The molecule has 1 aromatic heterocycles. The molecule has 0 aliphatic carbocycles. The lowest BCUT2D eigenvalue weighted by atomic mass is 10.1. The van der Waals surface area contributed by atoms with Crippen molar-refractivity contribution < 1.29 is 19.0 Å². The second kappa shape index (κ2) is 11.8. The van der Waals surface area contributed by atoms with Gasteiger partial charge in [0.15, 0.2) is 22.5 Å². The Kier molecular flexibility index (Phi) is 8.30. The number of rotatable bonds is 10. The van der Waals surface area contributed by atoms with Crippen LogP contribution in [0.1, 0.15) is 32.5 Å². The fraction of sp³-hybridized carbons (Fsp3) is 0.400. The third-order valence-electron chi connectivity index (χ3n) is 5.20. The van der Waals surface area contributed by atoms with Gasteiger partial charge in [-0.15, -0.1) is 10.2 Å². The highest BCUT2D eigenvalue weighted by Crippen LogP contribution is 2.32. The molecule has 0 atom stereocenters. The number of aromatic nitrogens is 3. The van der Waals surface area contributed by atoms with Gasteiger partial charge in [0, 0.05) is 24.7 Å². The van der Waals surface area contributed by atoms with Crippen LogP contribution in [0.25, 0.3) is 0 Å². The summed E-state index contributed by atoms with van der Waals surface area (Å²) >= 11 is 1.37. The van der Waals surface area contributed by atoms with E-state index in [9.17, 15) is 4.79 Å². The first kappa shape index (κ1) is 23.9. The highest BCUT2D eigenvalue weighted by Gasteiger charge is 2.16. The molecule has 0 saturated carbocycles. The van der Waals surface area contributed by atoms with Gasteiger partial charge >= 0.3 is 0 Å². The van der Waals surface area contributed by atoms with Gasteiger partial charge in [-0.1, -0.05) is 43.8 Å². The molecule has 2 heterocycles. The standard InChI is InChI=1S/C25H30N4O4S/c1-18(2)11-12-29-23(16-33-20-7-4-3-5-8-20)27-28-25(29)34-17-24(30)26-19-9-10-21-22(15-19)32-14-6-13-31-21/h3-5,7-10,15,18H,6,11-14,16-17H2,1-2H3,(H,26,30). The number of hydrogen-bond acceptors (Lipinski definition) is 7. The van der Waals surface area contributed by atoms with E-state index < -0.39 is 0 Å². The van der Waals surface area contributed by atoms with Crippen LogP contribution in [-0.2, 0) is 17.9 Å². The largest absolute Gasteiger partial charge is 0.490 e. The molecule has 8 nitrogen and oxygen atoms in total. The number of anilines is 1. The number of nitrogens with zero attached hydrogens (tertiary/aromatic N) is 3. The lowest BCUT2D eigenvalue weighted by Gasteiger charge is -2.13. The van der Waals surface area contributed by atoms with Gasteiger partial charge in [0.05, 0.1) is 19.0 Å². The average molecular weight is 483 g/mol. The van der Waals surface area contributed by atoms with Gasteiger partial charge in [-0.05, 0) is 36.6 Å². The molecule has 3 aromatic rings. The minimum absolute atomic E-state index is 0.125. The zero-order valence-electron chi connectivity index (χ0n) is 19.5. The smallest absolute Gasteiger partial charge is 0.234 e. The summed E-state index contributed by atoms with van der Waals surface area (Å²) in [6, 6.07) is 15.1. The number of fused-ring (bicyclic) bond motifs is 1. The lowest BCUT2D eigenvalue weighted by molar-refractivity contribution is -0.113. The number of hydrogen-bond donors (Lipinski definition) is 1. The molecule has 0 radical (unpaired) electrons. The Morgan fingerprint density at radius 1 is 1.12 bits per heavy atom. The molecule has 2 aromatic carbocycles. The summed E-state index contributed by atoms with van der Waals surface area (Å²) in [5.41, 5.74) is 0.674. The van der Waals surface area contributed by atoms with E-state index in [1.807, 2.05) is 42.5 Å². The van der Waals surface area contributed by atoms with Crippen LogP contribution < -0.4 is 19.5 Å². The number of benzene rings is 2. The molecule has 0 unspecified atom stereocenters. The van der Waals surface area contributed by atoms with Crippen molar-refractivity contribution >= 4 is 23.4 Å². The molecule has 1 aliphatic heterocycles. The molecule has 180 valence electrons. The molecule has 0 bridgehead atoms. The van der Waals surface area contributed by atoms with Gasteiger partial charge in [0.2, 0.25) is 5.91 Å². The van der Waals surface area contributed by atoms with E-state index in [1.54, 1.807) is 6.07 Å². The Hall–Kier alpha value is -3.20. The minimum Gasteiger partial charge on any atom is -0.490 e. The summed E-state index contributed by atoms with van der Waals surface area (Å²) < 4.78 is 19.3. The molecular weight excluding hydrogens is 452 g/mol. The summed E-state index contributed by atoms with van der Waals surface area (Å²) in [6.07, 6.45) is 1.82. The number of amides is 1. The summed E-state index contributed by atoms with van der Waals surface area (Å²) in [6.45, 7) is 6.68. The topological polar surface area (TPSA) is 87.5 Å². The van der Waals surface area contributed by atoms with E-state index in [-0.39, 0.29) is 11.7 Å². The number of carbonyl (C=O) groups excluding carboxylic acids is 1. The van der Waals surface area contributed by atoms with Gasteiger partial charge in [-0.2, -0.15) is 0 Å². The maximum absolute atomic E-state index is 12.6. The Morgan fingerprint density at radius 2 is 1.91 bits per heavy atom. The van der Waals surface area contributed by atoms with Crippen molar-refractivity contribution in [1.29, 1.82) is 0 Å². The molecule has 4 rings (SSSR count). The quantitative estimate of drug-likeness (QED) is 0.416.